The molecule has 2 fully saturated rings. The summed E-state index contributed by atoms with van der Waals surface area (Å²) in [6.45, 7) is 0. The Balaban J connectivity index is 1.58. The Morgan fingerprint density at radius 3 is 2.53 bits per heavy atom. The third-order valence-corrected chi connectivity index (χ3v) is 8.38. The van der Waals surface area contributed by atoms with Crippen LogP contribution in [0.15, 0.2) is 47.5 Å². The number of nitrogens with zero attached hydrogens (tertiary/aromatic N) is 1. The number of rotatable bonds is 8. The third-order valence-electron chi connectivity index (χ3n) is 6.18. The van der Waals surface area contributed by atoms with Crippen molar-refractivity contribution in [3.8, 4) is 16.2 Å². The maximum atomic E-state index is 15.0. The molecule has 34 heavy (non-hydrogen) atoms. The highest BCUT2D eigenvalue weighted by Gasteiger charge is 2.32. The molecule has 2 N–H and O–H groups in total. The van der Waals surface area contributed by atoms with Crippen molar-refractivity contribution in [2.24, 2.45) is 0 Å². The molecule has 0 bridgehead atoms. The number of hydrogen-bond acceptors (Lipinski definition) is 6. The molecular weight excluding hydrogens is 479 g/mol. The summed E-state index contributed by atoms with van der Waals surface area (Å²) in [4.78, 5) is 12.0. The molecule has 2 saturated carbocycles. The molecule has 3 aromatic rings. The Hall–Kier alpha value is -2.98. The number of carboxylic acid groups (broad SMARTS) is 1. The van der Waals surface area contributed by atoms with Crippen LogP contribution in [0.2, 0.25) is 0 Å². The molecular formula is C24H23FN2O5S2. The standard InChI is InChI=1S/C24H23FN2O5S2/c25-19-13-21(32-16-3-1-2-4-16)20(12-18(19)22-9-10-26-33-22)27-34(30,31)23-11-15(24(28)29)7-8-17(23)14-5-6-14/h7-14,16,27H,1-6H2,(H,28,29). The molecule has 0 aliphatic heterocycles. The number of aromatic nitrogens is 1. The van der Waals surface area contributed by atoms with Crippen molar-refractivity contribution in [3.05, 3.63) is 59.5 Å². The second-order valence-corrected chi connectivity index (χ2v) is 11.2. The van der Waals surface area contributed by atoms with E-state index < -0.39 is 21.8 Å². The summed E-state index contributed by atoms with van der Waals surface area (Å²) < 4.78 is 54.7. The first-order valence-corrected chi connectivity index (χ1v) is 13.4. The molecule has 1 heterocycles. The normalized spacial score (nSPS) is 16.5. The summed E-state index contributed by atoms with van der Waals surface area (Å²) in [7, 11) is -4.19. The van der Waals surface area contributed by atoms with Gasteiger partial charge in [-0.1, -0.05) is 6.07 Å². The number of sulfonamides is 1. The Bertz CT molecular complexity index is 1330. The van der Waals surface area contributed by atoms with Gasteiger partial charge in [0.15, 0.2) is 0 Å². The van der Waals surface area contributed by atoms with Crippen molar-refractivity contribution in [2.45, 2.75) is 55.4 Å². The second kappa shape index (κ2) is 8.99. The van der Waals surface area contributed by atoms with Crippen LogP contribution in [0.25, 0.3) is 10.4 Å². The van der Waals surface area contributed by atoms with Crippen molar-refractivity contribution in [1.29, 1.82) is 0 Å². The minimum atomic E-state index is -4.19. The van der Waals surface area contributed by atoms with E-state index in [0.717, 1.165) is 50.1 Å². The SMILES string of the molecule is O=C(O)c1ccc(C2CC2)c(S(=O)(=O)Nc2cc(-c3ccns3)c(F)cc2OC2CCCC2)c1. The largest absolute Gasteiger partial charge is 0.488 e. The van der Waals surface area contributed by atoms with Crippen LogP contribution in [0.3, 0.4) is 0 Å². The molecule has 2 aliphatic rings. The highest BCUT2D eigenvalue weighted by Crippen LogP contribution is 2.44. The first-order valence-electron chi connectivity index (χ1n) is 11.1. The smallest absolute Gasteiger partial charge is 0.335 e. The van der Waals surface area contributed by atoms with E-state index >= 15 is 0 Å². The first-order chi connectivity index (χ1) is 16.3. The highest BCUT2D eigenvalue weighted by molar-refractivity contribution is 7.92. The molecule has 7 nitrogen and oxygen atoms in total. The summed E-state index contributed by atoms with van der Waals surface area (Å²) in [5.41, 5.74) is 0.789. The van der Waals surface area contributed by atoms with Gasteiger partial charge in [-0.2, -0.15) is 0 Å². The van der Waals surface area contributed by atoms with Gasteiger partial charge in [-0.05, 0) is 85.8 Å². The van der Waals surface area contributed by atoms with Crippen LogP contribution in [0, 0.1) is 5.82 Å². The lowest BCUT2D eigenvalue weighted by atomic mass is 10.1. The number of carbonyl (C=O) groups is 1. The first kappa shape index (κ1) is 22.8. The summed E-state index contributed by atoms with van der Waals surface area (Å²) in [5, 5.41) is 9.40. The summed E-state index contributed by atoms with van der Waals surface area (Å²) in [5.74, 6) is -1.56. The minimum Gasteiger partial charge on any atom is -0.488 e. The van der Waals surface area contributed by atoms with E-state index in [0.29, 0.717) is 10.4 Å². The molecule has 0 unspecified atom stereocenters. The van der Waals surface area contributed by atoms with Gasteiger partial charge in [-0.15, -0.1) is 0 Å². The molecule has 2 aromatic carbocycles. The van der Waals surface area contributed by atoms with E-state index in [2.05, 4.69) is 9.10 Å². The number of carboxylic acids is 1. The van der Waals surface area contributed by atoms with E-state index in [1.807, 2.05) is 0 Å². The number of hydrogen-bond donors (Lipinski definition) is 2. The number of aromatic carboxylic acids is 1. The number of ether oxygens (including phenoxy) is 1. The molecule has 10 heteroatoms. The van der Waals surface area contributed by atoms with Crippen LogP contribution in [0.1, 0.15) is 60.4 Å². The van der Waals surface area contributed by atoms with Gasteiger partial charge in [0, 0.05) is 17.8 Å². The fourth-order valence-electron chi connectivity index (χ4n) is 4.29. The predicted molar refractivity (Wildman–Crippen MR) is 127 cm³/mol. The van der Waals surface area contributed by atoms with Gasteiger partial charge >= 0.3 is 5.97 Å². The van der Waals surface area contributed by atoms with E-state index in [1.54, 1.807) is 18.3 Å². The lowest BCUT2D eigenvalue weighted by molar-refractivity contribution is 0.0696. The van der Waals surface area contributed by atoms with Crippen molar-refractivity contribution in [2.75, 3.05) is 4.72 Å². The lowest BCUT2D eigenvalue weighted by Gasteiger charge is -2.20. The van der Waals surface area contributed by atoms with Gasteiger partial charge in [0.2, 0.25) is 0 Å². The number of halogens is 1. The average molecular weight is 503 g/mol. The highest BCUT2D eigenvalue weighted by atomic mass is 32.2. The molecule has 5 rings (SSSR count). The average Bonchev–Trinajstić information content (AvgIpc) is 3.26. The molecule has 0 spiro atoms. The van der Waals surface area contributed by atoms with Crippen molar-refractivity contribution in [3.63, 3.8) is 0 Å². The van der Waals surface area contributed by atoms with Crippen LogP contribution in [0.5, 0.6) is 5.75 Å². The van der Waals surface area contributed by atoms with Gasteiger partial charge in [-0.3, -0.25) is 4.72 Å². The van der Waals surface area contributed by atoms with Gasteiger partial charge in [0.25, 0.3) is 10.0 Å². The van der Waals surface area contributed by atoms with Crippen LogP contribution >= 0.6 is 11.5 Å². The van der Waals surface area contributed by atoms with Crippen molar-refractivity contribution < 1.29 is 27.4 Å². The monoisotopic (exact) mass is 502 g/mol. The van der Waals surface area contributed by atoms with Gasteiger partial charge in [0.1, 0.15) is 11.6 Å². The van der Waals surface area contributed by atoms with E-state index in [1.165, 1.54) is 24.3 Å². The Morgan fingerprint density at radius 2 is 1.88 bits per heavy atom. The predicted octanol–water partition coefficient (Wildman–Crippen LogP) is 5.65. The topological polar surface area (TPSA) is 106 Å². The summed E-state index contributed by atoms with van der Waals surface area (Å²) >= 11 is 1.10. The molecule has 2 aliphatic carbocycles. The van der Waals surface area contributed by atoms with E-state index in [9.17, 15) is 22.7 Å². The maximum absolute atomic E-state index is 15.0. The second-order valence-electron chi connectivity index (χ2n) is 8.67. The number of benzene rings is 2. The molecule has 0 radical (unpaired) electrons. The molecule has 1 aromatic heterocycles. The van der Waals surface area contributed by atoms with E-state index in [-0.39, 0.29) is 39.5 Å². The van der Waals surface area contributed by atoms with Crippen molar-refractivity contribution in [1.82, 2.24) is 4.37 Å². The lowest BCUT2D eigenvalue weighted by Crippen LogP contribution is -2.18. The fraction of sp³-hybridized carbons (Fsp3) is 0.333. The summed E-state index contributed by atoms with van der Waals surface area (Å²) in [6.07, 6.45) is 6.75. The zero-order valence-corrected chi connectivity index (χ0v) is 19.8. The number of anilines is 1. The quantitative estimate of drug-likeness (QED) is 0.413. The van der Waals surface area contributed by atoms with Crippen molar-refractivity contribution >= 4 is 33.2 Å². The summed E-state index contributed by atoms with van der Waals surface area (Å²) in [6, 6.07) is 8.45. The van der Waals surface area contributed by atoms with Gasteiger partial charge in [0.05, 0.1) is 27.1 Å². The molecule has 0 saturated heterocycles. The van der Waals surface area contributed by atoms with Gasteiger partial charge in [-0.25, -0.2) is 22.0 Å². The van der Waals surface area contributed by atoms with Crippen LogP contribution in [0.4, 0.5) is 10.1 Å². The maximum Gasteiger partial charge on any atom is 0.335 e. The Labute approximate surface area is 200 Å². The molecule has 0 atom stereocenters. The van der Waals surface area contributed by atoms with Crippen LogP contribution in [-0.2, 0) is 10.0 Å². The van der Waals surface area contributed by atoms with Crippen LogP contribution < -0.4 is 9.46 Å². The third kappa shape index (κ3) is 4.65. The fourth-order valence-corrected chi connectivity index (χ4v) is 6.29. The Kier molecular flexibility index (Phi) is 6.03. The zero-order valence-electron chi connectivity index (χ0n) is 18.2. The number of nitrogens with one attached hydrogen (secondary N) is 1. The van der Waals surface area contributed by atoms with E-state index in [4.69, 9.17) is 4.74 Å². The zero-order chi connectivity index (χ0) is 23.9. The Morgan fingerprint density at radius 1 is 1.12 bits per heavy atom. The van der Waals surface area contributed by atoms with Gasteiger partial charge < -0.3 is 9.84 Å². The molecule has 0 amide bonds. The minimum absolute atomic E-state index is 0.0737. The molecule has 178 valence electrons. The van der Waals surface area contributed by atoms with Crippen LogP contribution in [-0.4, -0.2) is 30.0 Å².